The van der Waals surface area contributed by atoms with Crippen LogP contribution < -0.4 is 14.4 Å². The van der Waals surface area contributed by atoms with Crippen molar-refractivity contribution in [3.63, 3.8) is 0 Å². The molecule has 4 aromatic heterocycles. The molecule has 1 aliphatic rings. The monoisotopic (exact) mass is 591 g/mol. The maximum Gasteiger partial charge on any atom is 0.416 e. The van der Waals surface area contributed by atoms with Crippen molar-refractivity contribution in [2.24, 2.45) is 0 Å². The molecule has 1 aromatic carbocycles. The lowest BCUT2D eigenvalue weighted by molar-refractivity contribution is 0.123. The van der Waals surface area contributed by atoms with Crippen LogP contribution in [0.5, 0.6) is 5.75 Å². The summed E-state index contributed by atoms with van der Waals surface area (Å²) in [6.07, 6.45) is 7.18. The zero-order chi connectivity index (χ0) is 29.6. The molecule has 1 N–H and O–H groups in total. The molecular formula is C27H29N9O5S. The van der Waals surface area contributed by atoms with Gasteiger partial charge in [-0.15, -0.1) is 5.10 Å². The minimum Gasteiger partial charge on any atom is -0.494 e. The Bertz CT molecular complexity index is 1920. The van der Waals surface area contributed by atoms with E-state index >= 15 is 0 Å². The van der Waals surface area contributed by atoms with Gasteiger partial charge in [0.15, 0.2) is 11.5 Å². The maximum atomic E-state index is 13.0. The molecule has 14 nitrogen and oxygen atoms in total. The molecule has 1 saturated heterocycles. The van der Waals surface area contributed by atoms with E-state index in [1.54, 1.807) is 58.3 Å². The Morgan fingerprint density at radius 2 is 2.02 bits per heavy atom. The molecule has 0 bridgehead atoms. The number of methoxy groups -OCH3 is 1. The van der Waals surface area contributed by atoms with Gasteiger partial charge in [0, 0.05) is 31.7 Å². The second-order valence-corrected chi connectivity index (χ2v) is 12.1. The molecule has 1 unspecified atom stereocenters. The molecule has 0 saturated carbocycles. The zero-order valence-corrected chi connectivity index (χ0v) is 24.2. The lowest BCUT2D eigenvalue weighted by atomic mass is 10.1. The van der Waals surface area contributed by atoms with Gasteiger partial charge in [0.2, 0.25) is 10.0 Å². The fourth-order valence-electron chi connectivity index (χ4n) is 4.95. The van der Waals surface area contributed by atoms with Gasteiger partial charge in [-0.05, 0) is 43.9 Å². The van der Waals surface area contributed by atoms with Gasteiger partial charge in [0.1, 0.15) is 17.5 Å². The average Bonchev–Trinajstić information content (AvgIpc) is 3.65. The molecule has 5 heterocycles. The number of anilines is 1. The van der Waals surface area contributed by atoms with E-state index in [0.717, 1.165) is 11.8 Å². The van der Waals surface area contributed by atoms with Crippen molar-refractivity contribution in [1.82, 2.24) is 39.0 Å². The van der Waals surface area contributed by atoms with Crippen molar-refractivity contribution < 1.29 is 22.7 Å². The van der Waals surface area contributed by atoms with Crippen LogP contribution in [-0.4, -0.2) is 95.4 Å². The average molecular weight is 592 g/mol. The molecule has 0 aliphatic carbocycles. The number of likely N-dealkylation sites (N-methyl/N-ethyl adjacent to an activating group) is 1. The minimum absolute atomic E-state index is 0.100. The van der Waals surface area contributed by atoms with E-state index in [1.165, 1.54) is 12.0 Å². The summed E-state index contributed by atoms with van der Waals surface area (Å²) in [6, 6.07) is 8.99. The number of nitrogens with zero attached hydrogens (tertiary/aromatic N) is 8. The van der Waals surface area contributed by atoms with Crippen LogP contribution >= 0.6 is 0 Å². The third kappa shape index (κ3) is 5.24. The molecule has 5 aromatic rings. The van der Waals surface area contributed by atoms with Crippen LogP contribution in [0.2, 0.25) is 0 Å². The van der Waals surface area contributed by atoms with Gasteiger partial charge in [-0.25, -0.2) is 32.1 Å². The number of ether oxygens (including phenoxy) is 2. The maximum absolute atomic E-state index is 13.0. The summed E-state index contributed by atoms with van der Waals surface area (Å²) in [5.74, 6) is 0.863. The SMILES string of the molecule is COc1cc(CNS(C)(=O)=O)ccc1-n1nc(N2CC(CN(C)C)OC2=O)c2cnc(-c3cnn4cccnc34)cc21. The summed E-state index contributed by atoms with van der Waals surface area (Å²) >= 11 is 0. The van der Waals surface area contributed by atoms with Crippen molar-refractivity contribution in [2.75, 3.05) is 45.5 Å². The highest BCUT2D eigenvalue weighted by Gasteiger charge is 2.36. The van der Waals surface area contributed by atoms with Gasteiger partial charge >= 0.3 is 6.09 Å². The number of aromatic nitrogens is 6. The molecule has 1 atom stereocenters. The van der Waals surface area contributed by atoms with Crippen LogP contribution in [0.25, 0.3) is 33.5 Å². The first-order chi connectivity index (χ1) is 20.1. The number of sulfonamides is 1. The number of hydrogen-bond donors (Lipinski definition) is 1. The van der Waals surface area contributed by atoms with Gasteiger partial charge in [-0.2, -0.15) is 5.10 Å². The number of benzene rings is 1. The fourth-order valence-corrected chi connectivity index (χ4v) is 5.38. The summed E-state index contributed by atoms with van der Waals surface area (Å²) in [4.78, 5) is 25.6. The zero-order valence-electron chi connectivity index (χ0n) is 23.4. The van der Waals surface area contributed by atoms with E-state index in [0.29, 0.717) is 58.2 Å². The number of amides is 1. The highest BCUT2D eigenvalue weighted by Crippen LogP contribution is 2.36. The molecule has 1 aliphatic heterocycles. The summed E-state index contributed by atoms with van der Waals surface area (Å²) < 4.78 is 40.4. The summed E-state index contributed by atoms with van der Waals surface area (Å²) in [5.41, 5.74) is 3.94. The fraction of sp³-hybridized carbons (Fsp3) is 0.296. The van der Waals surface area contributed by atoms with Crippen molar-refractivity contribution in [1.29, 1.82) is 0 Å². The first-order valence-corrected chi connectivity index (χ1v) is 14.9. The second-order valence-electron chi connectivity index (χ2n) is 10.2. The van der Waals surface area contributed by atoms with E-state index < -0.39 is 16.1 Å². The van der Waals surface area contributed by atoms with E-state index in [4.69, 9.17) is 19.6 Å². The Balaban J connectivity index is 1.49. The van der Waals surface area contributed by atoms with Gasteiger partial charge in [0.25, 0.3) is 0 Å². The predicted molar refractivity (Wildman–Crippen MR) is 155 cm³/mol. The van der Waals surface area contributed by atoms with E-state index in [-0.39, 0.29) is 12.6 Å². The lowest BCUT2D eigenvalue weighted by Gasteiger charge is -2.14. The van der Waals surface area contributed by atoms with Gasteiger partial charge in [0.05, 0.1) is 48.3 Å². The first kappa shape index (κ1) is 27.6. The molecule has 6 rings (SSSR count). The highest BCUT2D eigenvalue weighted by atomic mass is 32.2. The first-order valence-electron chi connectivity index (χ1n) is 13.0. The van der Waals surface area contributed by atoms with Crippen molar-refractivity contribution in [3.05, 3.63) is 60.7 Å². The third-order valence-corrected chi connectivity index (χ3v) is 7.48. The van der Waals surface area contributed by atoms with Crippen LogP contribution in [0.4, 0.5) is 10.6 Å². The Labute approximate surface area is 241 Å². The van der Waals surface area contributed by atoms with Crippen LogP contribution in [-0.2, 0) is 21.3 Å². The van der Waals surface area contributed by atoms with Crippen LogP contribution in [0.15, 0.2) is 55.1 Å². The molecule has 15 heteroatoms. The van der Waals surface area contributed by atoms with Crippen LogP contribution in [0.1, 0.15) is 5.56 Å². The number of cyclic esters (lactones) is 1. The summed E-state index contributed by atoms with van der Waals surface area (Å²) in [6.45, 7) is 1.00. The summed E-state index contributed by atoms with van der Waals surface area (Å²) in [7, 11) is 1.99. The number of rotatable bonds is 9. The molecule has 1 fully saturated rings. The Morgan fingerprint density at radius 3 is 2.79 bits per heavy atom. The van der Waals surface area contributed by atoms with E-state index in [1.807, 2.05) is 25.1 Å². The van der Waals surface area contributed by atoms with Crippen molar-refractivity contribution in [2.45, 2.75) is 12.6 Å². The van der Waals surface area contributed by atoms with E-state index in [2.05, 4.69) is 14.8 Å². The van der Waals surface area contributed by atoms with Gasteiger partial charge in [-0.1, -0.05) is 6.07 Å². The minimum atomic E-state index is -3.38. The number of fused-ring (bicyclic) bond motifs is 2. The topological polar surface area (TPSA) is 149 Å². The van der Waals surface area contributed by atoms with Crippen molar-refractivity contribution >= 4 is 38.5 Å². The number of pyridine rings is 1. The molecule has 0 spiro atoms. The molecule has 1 amide bonds. The lowest BCUT2D eigenvalue weighted by Crippen LogP contribution is -2.30. The number of carbonyl (C=O) groups excluding carboxylic acids is 1. The standard InChI is InChI=1S/C27H29N9O5S/c1-33(2)15-18-16-34(27(37)41-18)26-20-13-29-21(19-14-30-35-9-5-8-28-25(19)35)11-23(20)36(32-26)22-7-6-17(10-24(22)40-3)12-31-42(4,38)39/h5-11,13-14,18,31H,12,15-16H2,1-4H3. The quantitative estimate of drug-likeness (QED) is 0.270. The van der Waals surface area contributed by atoms with Crippen LogP contribution in [0.3, 0.4) is 0 Å². The second kappa shape index (κ2) is 10.7. The Kier molecular flexibility index (Phi) is 7.00. The molecule has 0 radical (unpaired) electrons. The van der Waals surface area contributed by atoms with Gasteiger partial charge < -0.3 is 14.4 Å². The number of carbonyl (C=O) groups is 1. The highest BCUT2D eigenvalue weighted by molar-refractivity contribution is 7.88. The predicted octanol–water partition coefficient (Wildman–Crippen LogP) is 2.07. The molecular weight excluding hydrogens is 562 g/mol. The summed E-state index contributed by atoms with van der Waals surface area (Å²) in [5, 5.41) is 9.90. The Morgan fingerprint density at radius 1 is 1.19 bits per heavy atom. The number of nitrogens with one attached hydrogen (secondary N) is 1. The molecule has 218 valence electrons. The smallest absolute Gasteiger partial charge is 0.416 e. The normalized spacial score (nSPS) is 15.7. The Hall–Kier alpha value is -4.60. The van der Waals surface area contributed by atoms with E-state index in [9.17, 15) is 13.2 Å². The number of hydrogen-bond acceptors (Lipinski definition) is 10. The molecule has 42 heavy (non-hydrogen) atoms. The van der Waals surface area contributed by atoms with Crippen molar-refractivity contribution in [3.8, 4) is 22.7 Å². The third-order valence-electron chi connectivity index (χ3n) is 6.81. The van der Waals surface area contributed by atoms with Gasteiger partial charge in [-0.3, -0.25) is 9.88 Å². The largest absolute Gasteiger partial charge is 0.494 e. The van der Waals surface area contributed by atoms with Crippen LogP contribution in [0, 0.1) is 0 Å².